The van der Waals surface area contributed by atoms with Crippen LogP contribution in [-0.4, -0.2) is 0 Å². The molecule has 0 heteroatoms. The van der Waals surface area contributed by atoms with Crippen LogP contribution in [0.1, 0.15) is 52.6 Å². The summed E-state index contributed by atoms with van der Waals surface area (Å²) in [5.41, 5.74) is 16.3. The maximum Gasteiger partial charge on any atom is 0.0243 e. The third kappa shape index (κ3) is 6.08. The molecule has 0 nitrogen and oxygen atoms in total. The van der Waals surface area contributed by atoms with Crippen molar-refractivity contribution >= 4 is 22.8 Å². The van der Waals surface area contributed by atoms with Gasteiger partial charge in [0.2, 0.25) is 0 Å². The summed E-state index contributed by atoms with van der Waals surface area (Å²) in [6.45, 7) is 0. The Morgan fingerprint density at radius 1 is 0.556 bits per heavy atom. The fourth-order valence-corrected chi connectivity index (χ4v) is 6.57. The molecule has 3 aliphatic carbocycles. The van der Waals surface area contributed by atoms with Crippen molar-refractivity contribution in [3.8, 4) is 12.3 Å². The molecular formula is C45H34. The number of benzene rings is 4. The van der Waals surface area contributed by atoms with Gasteiger partial charge >= 0.3 is 0 Å². The molecule has 0 spiro atoms. The van der Waals surface area contributed by atoms with Gasteiger partial charge in [-0.15, -0.1) is 6.42 Å². The molecule has 0 aliphatic heterocycles. The highest BCUT2D eigenvalue weighted by Gasteiger charge is 2.22. The summed E-state index contributed by atoms with van der Waals surface area (Å²) in [6, 6.07) is 38.9. The quantitative estimate of drug-likeness (QED) is 0.164. The first-order valence-electron chi connectivity index (χ1n) is 15.6. The lowest BCUT2D eigenvalue weighted by atomic mass is 9.86. The van der Waals surface area contributed by atoms with Gasteiger partial charge in [0.25, 0.3) is 0 Å². The van der Waals surface area contributed by atoms with E-state index >= 15 is 0 Å². The normalized spacial score (nSPS) is 15.5. The molecule has 0 amide bonds. The third-order valence-electron chi connectivity index (χ3n) is 8.76. The second kappa shape index (κ2) is 12.9. The van der Waals surface area contributed by atoms with E-state index in [0.717, 1.165) is 24.8 Å². The highest BCUT2D eigenvalue weighted by Crippen LogP contribution is 2.43. The number of hydrogen-bond donors (Lipinski definition) is 0. The monoisotopic (exact) mass is 574 g/mol. The standard InChI is InChI=1S/C45H34/c1-2-33-21-25-39(26-22-33)44-37-17-9-10-18-38(30-29-37)45(42-20-12-11-19-41(44)32-42)40-27-23-34(24-28-40)31-43(35-13-5-3-6-14-35)36-15-7-4-8-16-36/h1,3-28,31H,29-30,32H2. The van der Waals surface area contributed by atoms with Crippen molar-refractivity contribution in [2.45, 2.75) is 19.3 Å². The lowest BCUT2D eigenvalue weighted by Crippen LogP contribution is -1.97. The van der Waals surface area contributed by atoms with E-state index in [4.69, 9.17) is 6.42 Å². The van der Waals surface area contributed by atoms with Crippen molar-refractivity contribution < 1.29 is 0 Å². The summed E-state index contributed by atoms with van der Waals surface area (Å²) in [5, 5.41) is 0. The highest BCUT2D eigenvalue weighted by molar-refractivity contribution is 5.93. The molecule has 4 aromatic carbocycles. The van der Waals surface area contributed by atoms with Gasteiger partial charge < -0.3 is 0 Å². The Hall–Kier alpha value is -5.64. The minimum absolute atomic E-state index is 0.858. The smallest absolute Gasteiger partial charge is 0.0243 e. The molecule has 0 atom stereocenters. The molecular weight excluding hydrogens is 540 g/mol. The number of rotatable bonds is 5. The van der Waals surface area contributed by atoms with Crippen LogP contribution in [0.5, 0.6) is 0 Å². The topological polar surface area (TPSA) is 0 Å². The van der Waals surface area contributed by atoms with Crippen LogP contribution >= 0.6 is 0 Å². The fraction of sp³-hybridized carbons (Fsp3) is 0.0667. The minimum Gasteiger partial charge on any atom is -0.115 e. The van der Waals surface area contributed by atoms with E-state index in [9.17, 15) is 0 Å². The summed E-state index contributed by atoms with van der Waals surface area (Å²) >= 11 is 0. The molecule has 4 aromatic rings. The SMILES string of the molecule is C#Cc1ccc(C2=C3C=CC=CC(=C(c4ccc(C=C(c5ccccc5)c5ccccc5)cc4)C4=CC=CC=C2CC4)C3)cc1. The van der Waals surface area contributed by atoms with E-state index in [1.54, 1.807) is 0 Å². The van der Waals surface area contributed by atoms with Crippen molar-refractivity contribution in [3.63, 3.8) is 0 Å². The summed E-state index contributed by atoms with van der Waals surface area (Å²) in [6.07, 6.45) is 28.7. The van der Waals surface area contributed by atoms with Crippen LogP contribution in [0.4, 0.5) is 0 Å². The number of hydrogen-bond acceptors (Lipinski definition) is 0. The molecule has 0 fully saturated rings. The molecule has 0 saturated heterocycles. The zero-order chi connectivity index (χ0) is 30.4. The Morgan fingerprint density at radius 3 is 1.53 bits per heavy atom. The molecule has 4 bridgehead atoms. The molecule has 0 aromatic heterocycles. The molecule has 0 heterocycles. The molecule has 0 saturated carbocycles. The van der Waals surface area contributed by atoms with Crippen molar-refractivity contribution in [2.24, 2.45) is 0 Å². The maximum atomic E-state index is 5.68. The summed E-state index contributed by atoms with van der Waals surface area (Å²) in [4.78, 5) is 0. The summed E-state index contributed by atoms with van der Waals surface area (Å²) in [5.74, 6) is 2.76. The van der Waals surface area contributed by atoms with Crippen LogP contribution in [-0.2, 0) is 0 Å². The first kappa shape index (κ1) is 28.1. The van der Waals surface area contributed by atoms with Gasteiger partial charge in [0.15, 0.2) is 0 Å². The largest absolute Gasteiger partial charge is 0.115 e. The number of terminal acetylenes is 1. The molecule has 0 unspecified atom stereocenters. The summed E-state index contributed by atoms with van der Waals surface area (Å²) < 4.78 is 0. The molecule has 7 rings (SSSR count). The zero-order valence-electron chi connectivity index (χ0n) is 25.3. The van der Waals surface area contributed by atoms with Crippen LogP contribution in [0.25, 0.3) is 22.8 Å². The van der Waals surface area contributed by atoms with Gasteiger partial charge in [-0.1, -0.05) is 152 Å². The second-order valence-electron chi connectivity index (χ2n) is 11.6. The van der Waals surface area contributed by atoms with E-state index < -0.39 is 0 Å². The van der Waals surface area contributed by atoms with Crippen LogP contribution < -0.4 is 0 Å². The van der Waals surface area contributed by atoms with Gasteiger partial charge in [-0.3, -0.25) is 0 Å². The Balaban J connectivity index is 1.33. The molecule has 45 heavy (non-hydrogen) atoms. The molecule has 3 aliphatic rings. The van der Waals surface area contributed by atoms with Crippen LogP contribution in [0.15, 0.2) is 180 Å². The Kier molecular flexibility index (Phi) is 8.09. The second-order valence-corrected chi connectivity index (χ2v) is 11.6. The number of allylic oxidation sites excluding steroid dienone is 14. The van der Waals surface area contributed by atoms with Gasteiger partial charge in [0.1, 0.15) is 0 Å². The zero-order valence-corrected chi connectivity index (χ0v) is 25.3. The third-order valence-corrected chi connectivity index (χ3v) is 8.76. The van der Waals surface area contributed by atoms with Gasteiger partial charge in [0.05, 0.1) is 0 Å². The average molecular weight is 575 g/mol. The molecule has 214 valence electrons. The van der Waals surface area contributed by atoms with E-state index in [-0.39, 0.29) is 0 Å². The Bertz CT molecular complexity index is 1970. The summed E-state index contributed by atoms with van der Waals surface area (Å²) in [7, 11) is 0. The lowest BCUT2D eigenvalue weighted by molar-refractivity contribution is 0.976. The van der Waals surface area contributed by atoms with Crippen molar-refractivity contribution in [1.29, 1.82) is 0 Å². The maximum absolute atomic E-state index is 5.68. The fourth-order valence-electron chi connectivity index (χ4n) is 6.57. The van der Waals surface area contributed by atoms with E-state index in [0.29, 0.717) is 0 Å². The van der Waals surface area contributed by atoms with Crippen LogP contribution in [0, 0.1) is 12.3 Å². The first-order valence-corrected chi connectivity index (χ1v) is 15.6. The van der Waals surface area contributed by atoms with E-state index in [1.165, 1.54) is 66.8 Å². The molecule has 0 radical (unpaired) electrons. The van der Waals surface area contributed by atoms with Crippen LogP contribution in [0.3, 0.4) is 0 Å². The van der Waals surface area contributed by atoms with Gasteiger partial charge in [0, 0.05) is 5.56 Å². The van der Waals surface area contributed by atoms with Gasteiger partial charge in [-0.25, -0.2) is 0 Å². The lowest BCUT2D eigenvalue weighted by Gasteiger charge is -2.18. The van der Waals surface area contributed by atoms with E-state index in [2.05, 4.69) is 170 Å². The Labute approximate surface area is 267 Å². The van der Waals surface area contributed by atoms with Crippen molar-refractivity contribution in [1.82, 2.24) is 0 Å². The van der Waals surface area contributed by atoms with Crippen LogP contribution in [0.2, 0.25) is 0 Å². The predicted octanol–water partition coefficient (Wildman–Crippen LogP) is 11.2. The predicted molar refractivity (Wildman–Crippen MR) is 192 cm³/mol. The number of fused-ring (bicyclic) bond motifs is 5. The van der Waals surface area contributed by atoms with Crippen molar-refractivity contribution in [3.05, 3.63) is 213 Å². The molecule has 0 N–H and O–H groups in total. The average Bonchev–Trinajstić information content (AvgIpc) is 3.31. The minimum atomic E-state index is 0.858. The first-order chi connectivity index (χ1) is 22.3. The Morgan fingerprint density at radius 2 is 1.04 bits per heavy atom. The highest BCUT2D eigenvalue weighted by atomic mass is 14.3. The van der Waals surface area contributed by atoms with E-state index in [1.807, 2.05) is 0 Å². The van der Waals surface area contributed by atoms with Gasteiger partial charge in [-0.05, 0) is 104 Å². The van der Waals surface area contributed by atoms with Gasteiger partial charge in [-0.2, -0.15) is 0 Å². The van der Waals surface area contributed by atoms with Crippen molar-refractivity contribution in [2.75, 3.05) is 0 Å².